The molecule has 0 aromatic heterocycles. The zero-order chi connectivity index (χ0) is 15.1. The van der Waals surface area contributed by atoms with Crippen LogP contribution in [0.15, 0.2) is 24.3 Å². The van der Waals surface area contributed by atoms with E-state index in [1.165, 1.54) is 12.8 Å². The van der Waals surface area contributed by atoms with Gasteiger partial charge in [0.05, 0.1) is 13.0 Å². The minimum absolute atomic E-state index is 0.0484. The number of methoxy groups -OCH3 is 1. The van der Waals surface area contributed by atoms with Crippen LogP contribution < -0.4 is 4.74 Å². The van der Waals surface area contributed by atoms with E-state index in [1.54, 1.807) is 19.2 Å². The Balaban J connectivity index is 1.73. The lowest BCUT2D eigenvalue weighted by Crippen LogP contribution is -2.33. The largest absolute Gasteiger partial charge is 0.492 e. The first-order valence-corrected chi connectivity index (χ1v) is 7.35. The predicted molar refractivity (Wildman–Crippen MR) is 79.7 cm³/mol. The zero-order valence-corrected chi connectivity index (χ0v) is 12.5. The predicted octanol–water partition coefficient (Wildman–Crippen LogP) is 1.80. The second-order valence-electron chi connectivity index (χ2n) is 5.32. The molecule has 0 heterocycles. The number of benzene rings is 1. The second kappa shape index (κ2) is 8.00. The van der Waals surface area contributed by atoms with Gasteiger partial charge in [-0.2, -0.15) is 0 Å². The lowest BCUT2D eigenvalue weighted by atomic mass is 10.1. The van der Waals surface area contributed by atoms with E-state index in [0.29, 0.717) is 12.6 Å². The topological polar surface area (TPSA) is 59.0 Å². The highest BCUT2D eigenvalue weighted by Crippen LogP contribution is 2.26. The third-order valence-electron chi connectivity index (χ3n) is 3.57. The van der Waals surface area contributed by atoms with Crippen LogP contribution in [0.3, 0.4) is 0 Å². The fraction of sp³-hybridized carbons (Fsp3) is 0.562. The van der Waals surface area contributed by atoms with Gasteiger partial charge in [0.15, 0.2) is 0 Å². The van der Waals surface area contributed by atoms with Crippen LogP contribution in [0.2, 0.25) is 0 Å². The minimum Gasteiger partial charge on any atom is -0.492 e. The summed E-state index contributed by atoms with van der Waals surface area (Å²) in [4.78, 5) is 13.0. The summed E-state index contributed by atoms with van der Waals surface area (Å²) in [6, 6.07) is 7.95. The summed E-state index contributed by atoms with van der Waals surface area (Å²) in [5.74, 6) is -0.0338. The number of nitrogens with zero attached hydrogens (tertiary/aromatic N) is 1. The van der Waals surface area contributed by atoms with Crippen LogP contribution in [0.25, 0.3) is 0 Å². The Morgan fingerprint density at radius 2 is 1.90 bits per heavy atom. The van der Waals surface area contributed by atoms with Gasteiger partial charge in [-0.1, -0.05) is 12.1 Å². The lowest BCUT2D eigenvalue weighted by Gasteiger charge is -2.21. The molecule has 1 fully saturated rings. The molecule has 21 heavy (non-hydrogen) atoms. The molecule has 1 aromatic carbocycles. The molecule has 0 atom stereocenters. The van der Waals surface area contributed by atoms with E-state index in [0.717, 1.165) is 31.0 Å². The molecular weight excluding hydrogens is 270 g/mol. The van der Waals surface area contributed by atoms with E-state index in [1.807, 2.05) is 12.1 Å². The molecule has 1 N–H and O–H groups in total. The maximum absolute atomic E-state index is 10.6. The SMILES string of the molecule is COCCN(CCOc1ccc(CC(=O)O)cc1)C1CC1. The molecule has 1 aliphatic carbocycles. The Morgan fingerprint density at radius 1 is 1.24 bits per heavy atom. The van der Waals surface area contributed by atoms with Crippen molar-refractivity contribution in [2.24, 2.45) is 0 Å². The van der Waals surface area contributed by atoms with Crippen LogP contribution >= 0.6 is 0 Å². The molecule has 2 rings (SSSR count). The van der Waals surface area contributed by atoms with Crippen molar-refractivity contribution in [2.45, 2.75) is 25.3 Å². The van der Waals surface area contributed by atoms with Crippen molar-refractivity contribution in [3.63, 3.8) is 0 Å². The average Bonchev–Trinajstić information content (AvgIpc) is 3.28. The Morgan fingerprint density at radius 3 is 2.48 bits per heavy atom. The Kier molecular flexibility index (Phi) is 6.02. The summed E-state index contributed by atoms with van der Waals surface area (Å²) < 4.78 is 10.9. The molecule has 1 aliphatic rings. The Bertz CT molecular complexity index is 442. The van der Waals surface area contributed by atoms with Gasteiger partial charge >= 0.3 is 5.97 Å². The normalized spacial score (nSPS) is 14.4. The summed E-state index contributed by atoms with van der Waals surface area (Å²) in [7, 11) is 1.72. The Labute approximate surface area is 125 Å². The number of aliphatic carboxylic acids is 1. The average molecular weight is 293 g/mol. The molecule has 5 heteroatoms. The van der Waals surface area contributed by atoms with Gasteiger partial charge in [-0.15, -0.1) is 0 Å². The highest BCUT2D eigenvalue weighted by atomic mass is 16.5. The monoisotopic (exact) mass is 293 g/mol. The molecule has 0 saturated heterocycles. The smallest absolute Gasteiger partial charge is 0.307 e. The van der Waals surface area contributed by atoms with Crippen molar-refractivity contribution in [1.82, 2.24) is 4.90 Å². The van der Waals surface area contributed by atoms with Gasteiger partial charge in [-0.25, -0.2) is 0 Å². The molecule has 1 saturated carbocycles. The summed E-state index contributed by atoms with van der Waals surface area (Å²) in [5, 5.41) is 8.72. The maximum Gasteiger partial charge on any atom is 0.307 e. The number of carbonyl (C=O) groups is 1. The fourth-order valence-electron chi connectivity index (χ4n) is 2.28. The third kappa shape index (κ3) is 5.73. The first-order valence-electron chi connectivity index (χ1n) is 7.35. The lowest BCUT2D eigenvalue weighted by molar-refractivity contribution is -0.136. The summed E-state index contributed by atoms with van der Waals surface area (Å²) in [6.07, 6.45) is 2.59. The van der Waals surface area contributed by atoms with Crippen LogP contribution in [0, 0.1) is 0 Å². The first-order chi connectivity index (χ1) is 10.2. The number of hydrogen-bond acceptors (Lipinski definition) is 4. The number of hydrogen-bond donors (Lipinski definition) is 1. The van der Waals surface area contributed by atoms with Crippen LogP contribution in [-0.4, -0.2) is 55.4 Å². The van der Waals surface area contributed by atoms with Crippen molar-refractivity contribution in [2.75, 3.05) is 33.4 Å². The van der Waals surface area contributed by atoms with Crippen molar-refractivity contribution >= 4 is 5.97 Å². The highest BCUT2D eigenvalue weighted by molar-refractivity contribution is 5.70. The van der Waals surface area contributed by atoms with Gasteiger partial charge in [0.1, 0.15) is 12.4 Å². The van der Waals surface area contributed by atoms with E-state index < -0.39 is 5.97 Å². The highest BCUT2D eigenvalue weighted by Gasteiger charge is 2.28. The number of carboxylic acid groups (broad SMARTS) is 1. The fourth-order valence-corrected chi connectivity index (χ4v) is 2.28. The van der Waals surface area contributed by atoms with Gasteiger partial charge in [-0.3, -0.25) is 9.69 Å². The number of rotatable bonds is 10. The molecule has 0 aliphatic heterocycles. The van der Waals surface area contributed by atoms with Gasteiger partial charge in [0, 0.05) is 26.2 Å². The molecule has 0 bridgehead atoms. The summed E-state index contributed by atoms with van der Waals surface area (Å²) in [6.45, 7) is 3.23. The zero-order valence-electron chi connectivity index (χ0n) is 12.5. The van der Waals surface area contributed by atoms with Crippen LogP contribution in [0.1, 0.15) is 18.4 Å². The van der Waals surface area contributed by atoms with Gasteiger partial charge in [0.25, 0.3) is 0 Å². The van der Waals surface area contributed by atoms with Crippen molar-refractivity contribution < 1.29 is 19.4 Å². The van der Waals surface area contributed by atoms with Gasteiger partial charge in [-0.05, 0) is 30.5 Å². The van der Waals surface area contributed by atoms with Crippen LogP contribution in [-0.2, 0) is 16.0 Å². The Hall–Kier alpha value is -1.59. The van der Waals surface area contributed by atoms with E-state index in [9.17, 15) is 4.79 Å². The van der Waals surface area contributed by atoms with Crippen molar-refractivity contribution in [3.8, 4) is 5.75 Å². The summed E-state index contributed by atoms with van der Waals surface area (Å²) in [5.41, 5.74) is 0.787. The standard InChI is InChI=1S/C16H23NO4/c1-20-10-8-17(14-4-5-14)9-11-21-15-6-2-13(3-7-15)12-16(18)19/h2-3,6-7,14H,4-5,8-12H2,1H3,(H,18,19). The molecule has 116 valence electrons. The molecule has 0 spiro atoms. The van der Waals surface area contributed by atoms with Gasteiger partial charge < -0.3 is 14.6 Å². The molecule has 1 aromatic rings. The van der Waals surface area contributed by atoms with Crippen molar-refractivity contribution in [3.05, 3.63) is 29.8 Å². The van der Waals surface area contributed by atoms with E-state index in [-0.39, 0.29) is 6.42 Å². The van der Waals surface area contributed by atoms with Crippen LogP contribution in [0.5, 0.6) is 5.75 Å². The second-order valence-corrected chi connectivity index (χ2v) is 5.32. The minimum atomic E-state index is -0.818. The van der Waals surface area contributed by atoms with E-state index in [4.69, 9.17) is 14.6 Å². The molecule has 0 amide bonds. The van der Waals surface area contributed by atoms with Crippen molar-refractivity contribution in [1.29, 1.82) is 0 Å². The van der Waals surface area contributed by atoms with Crippen LogP contribution in [0.4, 0.5) is 0 Å². The molecule has 5 nitrogen and oxygen atoms in total. The van der Waals surface area contributed by atoms with Gasteiger partial charge in [0.2, 0.25) is 0 Å². The molecular formula is C16H23NO4. The van der Waals surface area contributed by atoms with E-state index >= 15 is 0 Å². The third-order valence-corrected chi connectivity index (χ3v) is 3.57. The number of carboxylic acids is 1. The molecule has 0 unspecified atom stereocenters. The first kappa shape index (κ1) is 15.8. The molecule has 0 radical (unpaired) electrons. The van der Waals surface area contributed by atoms with E-state index in [2.05, 4.69) is 4.90 Å². The maximum atomic E-state index is 10.6. The quantitative estimate of drug-likeness (QED) is 0.713. The summed E-state index contributed by atoms with van der Waals surface area (Å²) >= 11 is 0. The number of ether oxygens (including phenoxy) is 2.